The van der Waals surface area contributed by atoms with Crippen LogP contribution in [0.3, 0.4) is 0 Å². The van der Waals surface area contributed by atoms with Gasteiger partial charge in [0, 0.05) is 13.0 Å². The number of likely N-dealkylation sites (N-methyl/N-ethyl adjacent to an activating group) is 1. The molecule has 0 aromatic heterocycles. The first-order valence-corrected chi connectivity index (χ1v) is 24.8. The van der Waals surface area contributed by atoms with E-state index in [9.17, 15) is 14.3 Å². The molecule has 2 atom stereocenters. The van der Waals surface area contributed by atoms with Crippen LogP contribution < -0.4 is 4.89 Å². The Morgan fingerprint density at radius 3 is 1.39 bits per heavy atom. The predicted octanol–water partition coefficient (Wildman–Crippen LogP) is 13.4. The van der Waals surface area contributed by atoms with E-state index in [1.807, 2.05) is 21.1 Å². The van der Waals surface area contributed by atoms with Gasteiger partial charge in [0.1, 0.15) is 19.3 Å². The van der Waals surface area contributed by atoms with Crippen molar-refractivity contribution in [3.63, 3.8) is 0 Å². The second-order valence-electron chi connectivity index (χ2n) is 16.3. The van der Waals surface area contributed by atoms with Gasteiger partial charge in [0.25, 0.3) is 7.82 Å². The van der Waals surface area contributed by atoms with Gasteiger partial charge >= 0.3 is 5.97 Å². The number of hydrogen-bond acceptors (Lipinski definition) is 7. The van der Waals surface area contributed by atoms with Crippen LogP contribution in [-0.4, -0.2) is 70.7 Å². The number of phosphoric ester groups is 1. The van der Waals surface area contributed by atoms with Crippen molar-refractivity contribution in [1.29, 1.82) is 0 Å². The van der Waals surface area contributed by atoms with Crippen molar-refractivity contribution >= 4 is 13.8 Å². The summed E-state index contributed by atoms with van der Waals surface area (Å²) in [5.41, 5.74) is 0. The van der Waals surface area contributed by atoms with E-state index in [1.54, 1.807) is 0 Å². The largest absolute Gasteiger partial charge is 0.756 e. The molecule has 0 N–H and O–H groups in total. The molecule has 0 radical (unpaired) electrons. The average molecular weight is 846 g/mol. The molecule has 0 aliphatic carbocycles. The number of esters is 1. The third kappa shape index (κ3) is 46.6. The summed E-state index contributed by atoms with van der Waals surface area (Å²) in [6.45, 7) is 5.14. The van der Waals surface area contributed by atoms with Crippen LogP contribution >= 0.6 is 7.82 Å². The Kier molecular flexibility index (Phi) is 40.7. The summed E-state index contributed by atoms with van der Waals surface area (Å²) in [5, 5.41) is 0. The van der Waals surface area contributed by atoms with Crippen LogP contribution in [0.4, 0.5) is 0 Å². The topological polar surface area (TPSA) is 94.1 Å². The van der Waals surface area contributed by atoms with Crippen LogP contribution in [0.1, 0.15) is 168 Å². The summed E-state index contributed by atoms with van der Waals surface area (Å²) in [5.74, 6) is -0.354. The Morgan fingerprint density at radius 2 is 0.932 bits per heavy atom. The summed E-state index contributed by atoms with van der Waals surface area (Å²) in [6.07, 6.45) is 55.9. The van der Waals surface area contributed by atoms with Gasteiger partial charge in [-0.3, -0.25) is 9.36 Å². The fraction of sp³-hybridized carbons (Fsp3) is 0.700. The number of quaternary nitrogens is 1. The maximum Gasteiger partial charge on any atom is 0.306 e. The van der Waals surface area contributed by atoms with Gasteiger partial charge in [-0.15, -0.1) is 0 Å². The molecular weight excluding hydrogens is 758 g/mol. The van der Waals surface area contributed by atoms with Gasteiger partial charge in [-0.2, -0.15) is 0 Å². The number of hydrogen-bond donors (Lipinski definition) is 0. The minimum absolute atomic E-state index is 0.0167. The van der Waals surface area contributed by atoms with E-state index in [4.69, 9.17) is 18.5 Å². The number of unbranched alkanes of at least 4 members (excludes halogenated alkanes) is 14. The zero-order chi connectivity index (χ0) is 43.4. The Bertz CT molecular complexity index is 1210. The fourth-order valence-electron chi connectivity index (χ4n) is 5.90. The highest BCUT2D eigenvalue weighted by molar-refractivity contribution is 7.45. The second-order valence-corrected chi connectivity index (χ2v) is 17.8. The lowest BCUT2D eigenvalue weighted by molar-refractivity contribution is -0.870. The first-order chi connectivity index (χ1) is 28.6. The molecule has 0 fully saturated rings. The Hall–Kier alpha value is -2.32. The maximum atomic E-state index is 12.7. The zero-order valence-electron chi connectivity index (χ0n) is 38.4. The molecule has 0 aliphatic heterocycles. The van der Waals surface area contributed by atoms with E-state index in [2.05, 4.69) is 98.9 Å². The van der Waals surface area contributed by atoms with Crippen LogP contribution in [-0.2, 0) is 27.9 Å². The lowest BCUT2D eigenvalue weighted by atomic mass is 10.1. The van der Waals surface area contributed by atoms with Crippen LogP contribution in [0.5, 0.6) is 0 Å². The molecule has 59 heavy (non-hydrogen) atoms. The molecule has 0 heterocycles. The highest BCUT2D eigenvalue weighted by Gasteiger charge is 2.20. The van der Waals surface area contributed by atoms with E-state index < -0.39 is 13.9 Å². The van der Waals surface area contributed by atoms with Gasteiger partial charge in [-0.25, -0.2) is 0 Å². The number of allylic oxidation sites excluding steroid dienone is 14. The van der Waals surface area contributed by atoms with Crippen LogP contribution in [0.2, 0.25) is 0 Å². The van der Waals surface area contributed by atoms with Crippen LogP contribution in [0.15, 0.2) is 85.1 Å². The summed E-state index contributed by atoms with van der Waals surface area (Å²) >= 11 is 0. The molecule has 0 spiro atoms. The van der Waals surface area contributed by atoms with Crippen molar-refractivity contribution in [3.05, 3.63) is 85.1 Å². The molecule has 340 valence electrons. The first-order valence-electron chi connectivity index (χ1n) is 23.3. The Morgan fingerprint density at radius 1 is 0.525 bits per heavy atom. The summed E-state index contributed by atoms with van der Waals surface area (Å²) in [4.78, 5) is 25.1. The summed E-state index contributed by atoms with van der Waals surface area (Å²) < 4.78 is 34.6. The Balaban J connectivity index is 4.26. The van der Waals surface area contributed by atoms with Crippen molar-refractivity contribution in [1.82, 2.24) is 0 Å². The molecule has 0 rings (SSSR count). The van der Waals surface area contributed by atoms with Gasteiger partial charge in [-0.05, 0) is 83.5 Å². The highest BCUT2D eigenvalue weighted by Crippen LogP contribution is 2.38. The van der Waals surface area contributed by atoms with Gasteiger partial charge in [-0.1, -0.05) is 163 Å². The molecular formula is C50H88NO7P. The molecule has 0 aromatic rings. The zero-order valence-corrected chi connectivity index (χ0v) is 39.3. The van der Waals surface area contributed by atoms with E-state index in [-0.39, 0.29) is 25.8 Å². The van der Waals surface area contributed by atoms with Gasteiger partial charge in [0.15, 0.2) is 0 Å². The highest BCUT2D eigenvalue weighted by atomic mass is 31.2. The number of rotatable bonds is 42. The Labute approximate surface area is 363 Å². The lowest BCUT2D eigenvalue weighted by Crippen LogP contribution is -2.37. The van der Waals surface area contributed by atoms with Gasteiger partial charge in [0.05, 0.1) is 34.4 Å². The fourth-order valence-corrected chi connectivity index (χ4v) is 6.63. The smallest absolute Gasteiger partial charge is 0.306 e. The van der Waals surface area contributed by atoms with Crippen molar-refractivity contribution in [2.24, 2.45) is 0 Å². The molecule has 0 saturated carbocycles. The van der Waals surface area contributed by atoms with E-state index in [0.29, 0.717) is 24.1 Å². The lowest BCUT2D eigenvalue weighted by Gasteiger charge is -2.28. The number of nitrogens with zero attached hydrogens (tertiary/aromatic N) is 1. The monoisotopic (exact) mass is 846 g/mol. The predicted molar refractivity (Wildman–Crippen MR) is 249 cm³/mol. The minimum atomic E-state index is -4.54. The van der Waals surface area contributed by atoms with Crippen molar-refractivity contribution in [3.8, 4) is 0 Å². The van der Waals surface area contributed by atoms with E-state index >= 15 is 0 Å². The molecule has 2 unspecified atom stereocenters. The van der Waals surface area contributed by atoms with Crippen molar-refractivity contribution in [2.75, 3.05) is 54.1 Å². The summed E-state index contributed by atoms with van der Waals surface area (Å²) in [7, 11) is 1.33. The molecule has 0 amide bonds. The first kappa shape index (κ1) is 56.7. The molecule has 0 aromatic carbocycles. The van der Waals surface area contributed by atoms with E-state index in [0.717, 1.165) is 96.3 Å². The molecule has 9 heteroatoms. The molecule has 0 saturated heterocycles. The number of phosphoric acid groups is 1. The third-order valence-electron chi connectivity index (χ3n) is 9.44. The van der Waals surface area contributed by atoms with E-state index in [1.165, 1.54) is 51.4 Å². The SMILES string of the molecule is CC/C=C\C/C=C\C/C=C\C/C=C\CCCCCCCCC(=O)OC(COCCCCCCCCCC/C=C\C/C=C\C/C=C\CC)COP(=O)([O-])OCC[N+](C)(C)C. The number of ether oxygens (including phenoxy) is 2. The van der Waals surface area contributed by atoms with Gasteiger partial charge < -0.3 is 27.9 Å². The van der Waals surface area contributed by atoms with Crippen molar-refractivity contribution in [2.45, 2.75) is 174 Å². The van der Waals surface area contributed by atoms with Crippen LogP contribution in [0.25, 0.3) is 0 Å². The molecule has 0 bridgehead atoms. The van der Waals surface area contributed by atoms with Crippen molar-refractivity contribution < 1.29 is 37.3 Å². The molecule has 8 nitrogen and oxygen atoms in total. The normalized spacial score (nSPS) is 14.5. The summed E-state index contributed by atoms with van der Waals surface area (Å²) in [6, 6.07) is 0. The number of carbonyl (C=O) groups excluding carboxylic acids is 1. The average Bonchev–Trinajstić information content (AvgIpc) is 3.19. The minimum Gasteiger partial charge on any atom is -0.756 e. The quantitative estimate of drug-likeness (QED) is 0.0199. The molecule has 0 aliphatic rings. The number of carbonyl (C=O) groups is 1. The standard InChI is InChI=1S/C50H88NO7P/c1-6-8-10-12-14-16-18-20-22-24-26-27-29-31-33-35-37-39-41-43-50(52)58-49(48-57-59(53,54)56-46-44-51(3,4)5)47-55-45-42-40-38-36-34-32-30-28-25-23-21-19-17-15-13-11-9-7-2/h8-11,14-17,20-23,26-27,49H,6-7,12-13,18-19,24-25,28-48H2,1-5H3/b10-8-,11-9-,16-14-,17-15-,22-20-,23-21-,27-26-. The maximum absolute atomic E-state index is 12.7. The second kappa shape index (κ2) is 42.4. The van der Waals surface area contributed by atoms with Gasteiger partial charge in [0.2, 0.25) is 0 Å². The van der Waals surface area contributed by atoms with Crippen LogP contribution in [0, 0.1) is 0 Å². The third-order valence-corrected chi connectivity index (χ3v) is 10.4.